The van der Waals surface area contributed by atoms with E-state index in [1.807, 2.05) is 30.7 Å². The van der Waals surface area contributed by atoms with E-state index >= 15 is 0 Å². The van der Waals surface area contributed by atoms with Crippen molar-refractivity contribution in [3.63, 3.8) is 0 Å². The average molecular weight is 245 g/mol. The SMILES string of the molecule is COc1ccc(C)cc1-c1c(C)nc(CN)n1C. The van der Waals surface area contributed by atoms with Crippen molar-refractivity contribution < 1.29 is 4.74 Å². The van der Waals surface area contributed by atoms with Gasteiger partial charge in [0.25, 0.3) is 0 Å². The summed E-state index contributed by atoms with van der Waals surface area (Å²) < 4.78 is 7.47. The Labute approximate surface area is 107 Å². The molecule has 2 aromatic rings. The third-order valence-corrected chi connectivity index (χ3v) is 3.15. The molecular formula is C14H19N3O. The smallest absolute Gasteiger partial charge is 0.128 e. The number of aromatic nitrogens is 2. The van der Waals surface area contributed by atoms with Gasteiger partial charge in [-0.15, -0.1) is 0 Å². The van der Waals surface area contributed by atoms with Crippen LogP contribution in [0.4, 0.5) is 0 Å². The second-order valence-corrected chi connectivity index (χ2v) is 4.43. The molecule has 0 spiro atoms. The number of hydrogen-bond donors (Lipinski definition) is 1. The van der Waals surface area contributed by atoms with Gasteiger partial charge in [-0.1, -0.05) is 11.6 Å². The van der Waals surface area contributed by atoms with E-state index in [-0.39, 0.29) is 0 Å². The van der Waals surface area contributed by atoms with Crippen LogP contribution in [0.2, 0.25) is 0 Å². The van der Waals surface area contributed by atoms with Gasteiger partial charge < -0.3 is 15.0 Å². The Morgan fingerprint density at radius 1 is 1.33 bits per heavy atom. The number of rotatable bonds is 3. The van der Waals surface area contributed by atoms with Crippen LogP contribution in [0.3, 0.4) is 0 Å². The van der Waals surface area contributed by atoms with Crippen molar-refractivity contribution in [3.05, 3.63) is 35.3 Å². The Morgan fingerprint density at radius 2 is 2.06 bits per heavy atom. The van der Waals surface area contributed by atoms with Gasteiger partial charge in [-0.3, -0.25) is 0 Å². The molecule has 0 fully saturated rings. The van der Waals surface area contributed by atoms with Gasteiger partial charge in [0.15, 0.2) is 0 Å². The number of methoxy groups -OCH3 is 1. The van der Waals surface area contributed by atoms with Crippen LogP contribution in [0.25, 0.3) is 11.3 Å². The normalized spacial score (nSPS) is 10.7. The molecule has 0 aliphatic rings. The Hall–Kier alpha value is -1.81. The Morgan fingerprint density at radius 3 is 2.61 bits per heavy atom. The predicted molar refractivity (Wildman–Crippen MR) is 72.6 cm³/mol. The zero-order valence-electron chi connectivity index (χ0n) is 11.3. The summed E-state index contributed by atoms with van der Waals surface area (Å²) in [7, 11) is 3.67. The van der Waals surface area contributed by atoms with Gasteiger partial charge in [0.1, 0.15) is 11.6 Å². The highest BCUT2D eigenvalue weighted by molar-refractivity contribution is 5.70. The fourth-order valence-electron chi connectivity index (χ4n) is 2.26. The summed E-state index contributed by atoms with van der Waals surface area (Å²) in [5.41, 5.74) is 9.99. The third-order valence-electron chi connectivity index (χ3n) is 3.15. The zero-order chi connectivity index (χ0) is 13.3. The van der Waals surface area contributed by atoms with Gasteiger partial charge in [0.05, 0.1) is 25.0 Å². The van der Waals surface area contributed by atoms with Gasteiger partial charge in [-0.25, -0.2) is 4.98 Å². The summed E-state index contributed by atoms with van der Waals surface area (Å²) in [5, 5.41) is 0. The fraction of sp³-hybridized carbons (Fsp3) is 0.357. The third kappa shape index (κ3) is 1.99. The first-order valence-corrected chi connectivity index (χ1v) is 5.95. The van der Waals surface area contributed by atoms with Crippen LogP contribution in [-0.4, -0.2) is 16.7 Å². The molecule has 1 heterocycles. The lowest BCUT2D eigenvalue weighted by atomic mass is 10.1. The Balaban J connectivity index is 2.68. The van der Waals surface area contributed by atoms with Gasteiger partial charge in [0, 0.05) is 12.6 Å². The second-order valence-electron chi connectivity index (χ2n) is 4.43. The van der Waals surface area contributed by atoms with E-state index in [4.69, 9.17) is 10.5 Å². The van der Waals surface area contributed by atoms with Crippen LogP contribution >= 0.6 is 0 Å². The van der Waals surface area contributed by atoms with Crippen LogP contribution in [-0.2, 0) is 13.6 Å². The molecule has 0 saturated heterocycles. The van der Waals surface area contributed by atoms with Crippen LogP contribution in [0.15, 0.2) is 18.2 Å². The summed E-state index contributed by atoms with van der Waals surface area (Å²) in [4.78, 5) is 4.49. The van der Waals surface area contributed by atoms with Gasteiger partial charge in [0.2, 0.25) is 0 Å². The van der Waals surface area contributed by atoms with Gasteiger partial charge >= 0.3 is 0 Å². The molecule has 0 radical (unpaired) electrons. The number of nitrogens with two attached hydrogens (primary N) is 1. The first-order chi connectivity index (χ1) is 8.58. The highest BCUT2D eigenvalue weighted by atomic mass is 16.5. The van der Waals surface area contributed by atoms with Crippen LogP contribution in [0, 0.1) is 13.8 Å². The van der Waals surface area contributed by atoms with Crippen LogP contribution in [0.1, 0.15) is 17.1 Å². The minimum Gasteiger partial charge on any atom is -0.496 e. The minimum atomic E-state index is 0.436. The first-order valence-electron chi connectivity index (χ1n) is 5.95. The van der Waals surface area contributed by atoms with Crippen molar-refractivity contribution in [2.75, 3.05) is 7.11 Å². The van der Waals surface area contributed by atoms with Gasteiger partial charge in [-0.2, -0.15) is 0 Å². The molecule has 1 aromatic carbocycles. The lowest BCUT2D eigenvalue weighted by molar-refractivity contribution is 0.416. The Kier molecular flexibility index (Phi) is 3.39. The topological polar surface area (TPSA) is 53.1 Å². The van der Waals surface area contributed by atoms with Crippen molar-refractivity contribution in [1.82, 2.24) is 9.55 Å². The monoisotopic (exact) mass is 245 g/mol. The van der Waals surface area contributed by atoms with E-state index in [9.17, 15) is 0 Å². The molecule has 4 heteroatoms. The van der Waals surface area contributed by atoms with E-state index in [2.05, 4.69) is 18.0 Å². The summed E-state index contributed by atoms with van der Waals surface area (Å²) in [5.74, 6) is 1.74. The quantitative estimate of drug-likeness (QED) is 0.901. The molecule has 0 aliphatic carbocycles. The number of imidazole rings is 1. The number of benzene rings is 1. The summed E-state index contributed by atoms with van der Waals surface area (Å²) in [6.07, 6.45) is 0. The molecule has 2 N–H and O–H groups in total. The number of nitrogens with zero attached hydrogens (tertiary/aromatic N) is 2. The molecule has 0 atom stereocenters. The molecule has 96 valence electrons. The van der Waals surface area contributed by atoms with E-state index in [1.165, 1.54) is 5.56 Å². The first kappa shape index (κ1) is 12.6. The molecule has 0 unspecified atom stereocenters. The van der Waals surface area contributed by atoms with E-state index in [0.717, 1.165) is 28.5 Å². The summed E-state index contributed by atoms with van der Waals surface area (Å²) >= 11 is 0. The molecule has 0 amide bonds. The van der Waals surface area contributed by atoms with E-state index < -0.39 is 0 Å². The lowest BCUT2D eigenvalue weighted by Gasteiger charge is -2.11. The number of hydrogen-bond acceptors (Lipinski definition) is 3. The van der Waals surface area contributed by atoms with Crippen molar-refractivity contribution in [2.45, 2.75) is 20.4 Å². The molecule has 0 bridgehead atoms. The highest BCUT2D eigenvalue weighted by Crippen LogP contribution is 2.33. The molecular weight excluding hydrogens is 226 g/mol. The number of ether oxygens (including phenoxy) is 1. The van der Waals surface area contributed by atoms with E-state index in [1.54, 1.807) is 7.11 Å². The van der Waals surface area contributed by atoms with Crippen molar-refractivity contribution in [3.8, 4) is 17.0 Å². The molecule has 1 aromatic heterocycles. The van der Waals surface area contributed by atoms with Crippen molar-refractivity contribution >= 4 is 0 Å². The maximum atomic E-state index is 5.70. The molecule has 0 aliphatic heterocycles. The molecule has 18 heavy (non-hydrogen) atoms. The summed E-state index contributed by atoms with van der Waals surface area (Å²) in [6, 6.07) is 6.14. The van der Waals surface area contributed by atoms with E-state index in [0.29, 0.717) is 6.54 Å². The zero-order valence-corrected chi connectivity index (χ0v) is 11.3. The molecule has 2 rings (SSSR count). The van der Waals surface area contributed by atoms with Gasteiger partial charge in [-0.05, 0) is 26.0 Å². The maximum Gasteiger partial charge on any atom is 0.128 e. The van der Waals surface area contributed by atoms with Crippen molar-refractivity contribution in [1.29, 1.82) is 0 Å². The molecule has 0 saturated carbocycles. The lowest BCUT2D eigenvalue weighted by Crippen LogP contribution is -2.05. The largest absolute Gasteiger partial charge is 0.496 e. The van der Waals surface area contributed by atoms with Crippen molar-refractivity contribution in [2.24, 2.45) is 12.8 Å². The predicted octanol–water partition coefficient (Wildman–Crippen LogP) is 2.17. The molecule has 4 nitrogen and oxygen atoms in total. The standard InChI is InChI=1S/C14H19N3O/c1-9-5-6-12(18-4)11(7-9)14-10(2)16-13(8-15)17(14)3/h5-7H,8,15H2,1-4H3. The average Bonchev–Trinajstić information content (AvgIpc) is 2.64. The minimum absolute atomic E-state index is 0.436. The second kappa shape index (κ2) is 4.82. The fourth-order valence-corrected chi connectivity index (χ4v) is 2.26. The number of aryl methyl sites for hydroxylation is 2. The Bertz CT molecular complexity index is 573. The van der Waals surface area contributed by atoms with Crippen LogP contribution < -0.4 is 10.5 Å². The maximum absolute atomic E-state index is 5.70. The summed E-state index contributed by atoms with van der Waals surface area (Å²) in [6.45, 7) is 4.50. The highest BCUT2D eigenvalue weighted by Gasteiger charge is 2.16. The van der Waals surface area contributed by atoms with Crippen LogP contribution in [0.5, 0.6) is 5.75 Å².